The summed E-state index contributed by atoms with van der Waals surface area (Å²) >= 11 is 1.49. The molecule has 0 saturated carbocycles. The smallest absolute Gasteiger partial charge is 0.251 e. The van der Waals surface area contributed by atoms with Crippen molar-refractivity contribution in [1.29, 1.82) is 0 Å². The largest absolute Gasteiger partial charge is 0.365 e. The molecule has 1 aliphatic carbocycles. The lowest BCUT2D eigenvalue weighted by molar-refractivity contribution is -0.114. The molecule has 0 saturated heterocycles. The maximum absolute atomic E-state index is 12.6. The van der Waals surface area contributed by atoms with Gasteiger partial charge in [0.1, 0.15) is 5.00 Å². The van der Waals surface area contributed by atoms with E-state index in [4.69, 9.17) is 5.73 Å². The highest BCUT2D eigenvalue weighted by Gasteiger charge is 2.25. The Bertz CT molecular complexity index is 1060. The third-order valence-corrected chi connectivity index (χ3v) is 6.43. The van der Waals surface area contributed by atoms with E-state index in [1.54, 1.807) is 0 Å². The third-order valence-electron chi connectivity index (χ3n) is 5.23. The van der Waals surface area contributed by atoms with E-state index in [9.17, 15) is 9.59 Å². The van der Waals surface area contributed by atoms with E-state index < -0.39 is 5.91 Å². The van der Waals surface area contributed by atoms with E-state index in [1.807, 2.05) is 30.1 Å². The van der Waals surface area contributed by atoms with Crippen LogP contribution in [0.3, 0.4) is 0 Å². The number of likely N-dealkylation sites (N-methyl/N-ethyl adjacent to an activating group) is 1. The van der Waals surface area contributed by atoms with Crippen molar-refractivity contribution in [3.05, 3.63) is 58.5 Å². The number of hydrogen-bond donors (Lipinski definition) is 2. The summed E-state index contributed by atoms with van der Waals surface area (Å²) in [6, 6.07) is 14.3. The van der Waals surface area contributed by atoms with Crippen LogP contribution in [0.1, 0.15) is 33.6 Å². The SMILES string of the molecule is CN(CC(=O)Nc1sc2c(c1C(N)=O)CCCC2)c1ccc2ccccc2c1. The number of nitrogens with two attached hydrogens (primary N) is 1. The van der Waals surface area contributed by atoms with Gasteiger partial charge in [0.15, 0.2) is 0 Å². The first-order chi connectivity index (χ1) is 13.5. The Balaban J connectivity index is 1.51. The van der Waals surface area contributed by atoms with Crippen molar-refractivity contribution >= 4 is 44.6 Å². The van der Waals surface area contributed by atoms with Crippen LogP contribution >= 0.6 is 11.3 Å². The Hall–Kier alpha value is -2.86. The van der Waals surface area contributed by atoms with E-state index in [0.29, 0.717) is 10.6 Å². The second kappa shape index (κ2) is 7.64. The molecule has 0 spiro atoms. The molecule has 3 N–H and O–H groups in total. The van der Waals surface area contributed by atoms with Crippen LogP contribution in [0.2, 0.25) is 0 Å². The number of thiophene rings is 1. The predicted octanol–water partition coefficient (Wildman–Crippen LogP) is 3.95. The van der Waals surface area contributed by atoms with E-state index >= 15 is 0 Å². The summed E-state index contributed by atoms with van der Waals surface area (Å²) in [5.74, 6) is -0.616. The number of aryl methyl sites for hydroxylation is 1. The lowest BCUT2D eigenvalue weighted by Crippen LogP contribution is -2.30. The zero-order valence-corrected chi connectivity index (χ0v) is 16.6. The van der Waals surface area contributed by atoms with Gasteiger partial charge in [-0.05, 0) is 54.2 Å². The molecule has 0 radical (unpaired) electrons. The molecule has 1 heterocycles. The number of nitrogens with one attached hydrogen (secondary N) is 1. The zero-order valence-electron chi connectivity index (χ0n) is 15.8. The number of benzene rings is 2. The number of primary amides is 1. The second-order valence-corrected chi connectivity index (χ2v) is 8.32. The van der Waals surface area contributed by atoms with Crippen molar-refractivity contribution < 1.29 is 9.59 Å². The van der Waals surface area contributed by atoms with Crippen LogP contribution in [-0.2, 0) is 17.6 Å². The van der Waals surface area contributed by atoms with Crippen molar-refractivity contribution in [2.45, 2.75) is 25.7 Å². The number of carbonyl (C=O) groups is 2. The highest BCUT2D eigenvalue weighted by molar-refractivity contribution is 7.17. The Kier molecular flexibility index (Phi) is 5.05. The molecule has 2 amide bonds. The lowest BCUT2D eigenvalue weighted by Gasteiger charge is -2.19. The molecule has 0 aliphatic heterocycles. The van der Waals surface area contributed by atoms with Gasteiger partial charge >= 0.3 is 0 Å². The van der Waals surface area contributed by atoms with Gasteiger partial charge in [0.25, 0.3) is 5.91 Å². The van der Waals surface area contributed by atoms with E-state index in [-0.39, 0.29) is 12.5 Å². The Morgan fingerprint density at radius 2 is 1.86 bits per heavy atom. The fraction of sp³-hybridized carbons (Fsp3) is 0.273. The van der Waals surface area contributed by atoms with Gasteiger partial charge in [-0.15, -0.1) is 11.3 Å². The third kappa shape index (κ3) is 3.60. The average Bonchev–Trinajstić information content (AvgIpc) is 3.05. The highest BCUT2D eigenvalue weighted by atomic mass is 32.1. The van der Waals surface area contributed by atoms with E-state index in [2.05, 4.69) is 29.6 Å². The zero-order chi connectivity index (χ0) is 19.7. The summed E-state index contributed by atoms with van der Waals surface area (Å²) in [5.41, 5.74) is 8.11. The average molecular weight is 394 g/mol. The number of carbonyl (C=O) groups excluding carboxylic acids is 2. The van der Waals surface area contributed by atoms with Gasteiger partial charge in [-0.25, -0.2) is 0 Å². The maximum Gasteiger partial charge on any atom is 0.251 e. The Morgan fingerprint density at radius 1 is 1.11 bits per heavy atom. The van der Waals surface area contributed by atoms with Gasteiger partial charge in [-0.1, -0.05) is 30.3 Å². The number of nitrogens with zero attached hydrogens (tertiary/aromatic N) is 1. The van der Waals surface area contributed by atoms with Gasteiger partial charge in [-0.3, -0.25) is 9.59 Å². The summed E-state index contributed by atoms with van der Waals surface area (Å²) in [6.07, 6.45) is 3.98. The van der Waals surface area contributed by atoms with Crippen LogP contribution in [0.25, 0.3) is 10.8 Å². The van der Waals surface area contributed by atoms with Crippen LogP contribution < -0.4 is 16.0 Å². The van der Waals surface area contributed by atoms with E-state index in [0.717, 1.165) is 42.3 Å². The molecule has 0 fully saturated rings. The summed E-state index contributed by atoms with van der Waals surface area (Å²) in [6.45, 7) is 0.194. The molecule has 4 rings (SSSR count). The highest BCUT2D eigenvalue weighted by Crippen LogP contribution is 2.37. The Labute approximate surface area is 168 Å². The molecule has 0 atom stereocenters. The number of rotatable bonds is 5. The lowest BCUT2D eigenvalue weighted by atomic mass is 9.95. The van der Waals surface area contributed by atoms with Crippen LogP contribution in [0.5, 0.6) is 0 Å². The van der Waals surface area contributed by atoms with Crippen LogP contribution in [-0.4, -0.2) is 25.4 Å². The molecule has 5 nitrogen and oxygen atoms in total. The minimum Gasteiger partial charge on any atom is -0.365 e. The monoisotopic (exact) mass is 393 g/mol. The molecule has 144 valence electrons. The summed E-state index contributed by atoms with van der Waals surface area (Å²) in [4.78, 5) is 27.7. The molecule has 0 unspecified atom stereocenters. The molecule has 6 heteroatoms. The minimum absolute atomic E-state index is 0.156. The van der Waals surface area contributed by atoms with Crippen molar-refractivity contribution in [1.82, 2.24) is 0 Å². The first-order valence-corrected chi connectivity index (χ1v) is 10.3. The number of amides is 2. The number of fused-ring (bicyclic) bond motifs is 2. The normalized spacial score (nSPS) is 13.2. The molecule has 3 aromatic rings. The van der Waals surface area contributed by atoms with Crippen LogP contribution in [0, 0.1) is 0 Å². The fourth-order valence-corrected chi connectivity index (χ4v) is 5.11. The summed E-state index contributed by atoms with van der Waals surface area (Å²) in [5, 5.41) is 5.82. The fourth-order valence-electron chi connectivity index (χ4n) is 3.80. The van der Waals surface area contributed by atoms with Crippen molar-refractivity contribution in [3.63, 3.8) is 0 Å². The predicted molar refractivity (Wildman–Crippen MR) is 115 cm³/mol. The van der Waals surface area contributed by atoms with Crippen molar-refractivity contribution in [2.75, 3.05) is 23.8 Å². The molecule has 0 bridgehead atoms. The quantitative estimate of drug-likeness (QED) is 0.689. The van der Waals surface area contributed by atoms with Crippen LogP contribution in [0.15, 0.2) is 42.5 Å². The minimum atomic E-state index is -0.461. The number of hydrogen-bond acceptors (Lipinski definition) is 4. The number of anilines is 2. The van der Waals surface area contributed by atoms with Gasteiger partial charge in [-0.2, -0.15) is 0 Å². The topological polar surface area (TPSA) is 75.4 Å². The standard InChI is InChI=1S/C22H23N3O2S/c1-25(16-11-10-14-6-2-3-7-15(14)12-16)13-19(26)24-22-20(21(23)27)17-8-4-5-9-18(17)28-22/h2-3,6-7,10-12H,4-5,8-9,13H2,1H3,(H2,23,27)(H,24,26). The van der Waals surface area contributed by atoms with Crippen molar-refractivity contribution in [3.8, 4) is 0 Å². The molecule has 28 heavy (non-hydrogen) atoms. The first-order valence-electron chi connectivity index (χ1n) is 9.47. The maximum atomic E-state index is 12.6. The second-order valence-electron chi connectivity index (χ2n) is 7.21. The first kappa shape index (κ1) is 18.5. The van der Waals surface area contributed by atoms with Gasteiger partial charge < -0.3 is 16.0 Å². The summed E-state index contributed by atoms with van der Waals surface area (Å²) < 4.78 is 0. The van der Waals surface area contributed by atoms with E-state index in [1.165, 1.54) is 21.6 Å². The Morgan fingerprint density at radius 3 is 2.64 bits per heavy atom. The molecule has 1 aromatic heterocycles. The van der Waals surface area contributed by atoms with Gasteiger partial charge in [0, 0.05) is 17.6 Å². The van der Waals surface area contributed by atoms with Crippen molar-refractivity contribution in [2.24, 2.45) is 5.73 Å². The van der Waals surface area contributed by atoms with Crippen LogP contribution in [0.4, 0.5) is 10.7 Å². The van der Waals surface area contributed by atoms with Gasteiger partial charge in [0.2, 0.25) is 5.91 Å². The molecular formula is C22H23N3O2S. The molecular weight excluding hydrogens is 370 g/mol. The molecule has 1 aliphatic rings. The van der Waals surface area contributed by atoms with Gasteiger partial charge in [0.05, 0.1) is 12.1 Å². The molecule has 2 aromatic carbocycles. The summed E-state index contributed by atoms with van der Waals surface area (Å²) in [7, 11) is 1.89.